The summed E-state index contributed by atoms with van der Waals surface area (Å²) >= 11 is 0. The lowest BCUT2D eigenvalue weighted by Gasteiger charge is -2.38. The number of fused-ring (bicyclic) bond motifs is 1. The standard InChI is InChI=1S/C24H32N4O2/c1-17-14-26(15-18(2)30-17)16-20-10-7-13-27(20)24(29)23-21-11-6-12-22(21)28(25-23)19-8-4-3-5-9-19/h3-5,8-9,17-18,20H,6-7,10-16H2,1-2H3. The topological polar surface area (TPSA) is 50.6 Å². The Hall–Kier alpha value is -2.18. The molecule has 30 heavy (non-hydrogen) atoms. The second kappa shape index (κ2) is 8.16. The van der Waals surface area contributed by atoms with Crippen LogP contribution in [0.15, 0.2) is 30.3 Å². The van der Waals surface area contributed by atoms with Gasteiger partial charge in [-0.2, -0.15) is 5.10 Å². The first-order chi connectivity index (χ1) is 14.6. The molecular weight excluding hydrogens is 376 g/mol. The fourth-order valence-corrected chi connectivity index (χ4v) is 5.55. The van der Waals surface area contributed by atoms with Crippen LogP contribution in [-0.4, -0.2) is 69.9 Å². The number of nitrogens with zero attached hydrogens (tertiary/aromatic N) is 4. The molecule has 3 aliphatic rings. The van der Waals surface area contributed by atoms with Crippen molar-refractivity contribution in [3.05, 3.63) is 47.3 Å². The molecule has 6 nitrogen and oxygen atoms in total. The van der Waals surface area contributed by atoms with Gasteiger partial charge < -0.3 is 9.64 Å². The zero-order chi connectivity index (χ0) is 20.7. The van der Waals surface area contributed by atoms with Gasteiger partial charge in [-0.05, 0) is 58.1 Å². The molecule has 2 aliphatic heterocycles. The van der Waals surface area contributed by atoms with Gasteiger partial charge in [-0.15, -0.1) is 0 Å². The Kier molecular flexibility index (Phi) is 5.37. The van der Waals surface area contributed by atoms with Crippen molar-refractivity contribution in [1.29, 1.82) is 0 Å². The summed E-state index contributed by atoms with van der Waals surface area (Å²) in [5.74, 6) is 0.125. The van der Waals surface area contributed by atoms with Crippen molar-refractivity contribution in [2.75, 3.05) is 26.2 Å². The molecule has 3 heterocycles. The van der Waals surface area contributed by atoms with E-state index in [4.69, 9.17) is 9.84 Å². The normalized spacial score (nSPS) is 26.9. The molecule has 1 aromatic carbocycles. The van der Waals surface area contributed by atoms with E-state index < -0.39 is 0 Å². The number of aromatic nitrogens is 2. The maximum Gasteiger partial charge on any atom is 0.274 e. The van der Waals surface area contributed by atoms with Crippen molar-refractivity contribution in [3.8, 4) is 5.69 Å². The summed E-state index contributed by atoms with van der Waals surface area (Å²) in [7, 11) is 0. The maximum absolute atomic E-state index is 13.6. The van der Waals surface area contributed by atoms with Crippen molar-refractivity contribution < 1.29 is 9.53 Å². The third kappa shape index (κ3) is 3.67. The van der Waals surface area contributed by atoms with Gasteiger partial charge in [0, 0.05) is 43.5 Å². The number of amides is 1. The number of benzene rings is 1. The minimum absolute atomic E-state index is 0.125. The van der Waals surface area contributed by atoms with E-state index >= 15 is 0 Å². The number of carbonyl (C=O) groups excluding carboxylic acids is 1. The predicted octanol–water partition coefficient (Wildman–Crippen LogP) is 3.07. The number of likely N-dealkylation sites (tertiary alicyclic amines) is 1. The Bertz CT molecular complexity index is 899. The van der Waals surface area contributed by atoms with Crippen molar-refractivity contribution in [3.63, 3.8) is 0 Å². The first-order valence-corrected chi connectivity index (χ1v) is 11.4. The van der Waals surface area contributed by atoms with Gasteiger partial charge in [0.1, 0.15) is 0 Å². The number of para-hydroxylation sites is 1. The average Bonchev–Trinajstić information content (AvgIpc) is 3.44. The molecule has 0 spiro atoms. The van der Waals surface area contributed by atoms with E-state index in [1.54, 1.807) is 0 Å². The molecule has 1 aromatic heterocycles. The number of hydrogen-bond acceptors (Lipinski definition) is 4. The molecule has 2 saturated heterocycles. The Morgan fingerprint density at radius 3 is 2.63 bits per heavy atom. The van der Waals surface area contributed by atoms with Crippen LogP contribution in [0, 0.1) is 0 Å². The lowest BCUT2D eigenvalue weighted by atomic mass is 10.1. The van der Waals surface area contributed by atoms with Crippen LogP contribution in [0.3, 0.4) is 0 Å². The van der Waals surface area contributed by atoms with Gasteiger partial charge in [0.2, 0.25) is 0 Å². The van der Waals surface area contributed by atoms with E-state index in [1.807, 2.05) is 22.9 Å². The van der Waals surface area contributed by atoms with Gasteiger partial charge >= 0.3 is 0 Å². The molecule has 2 fully saturated rings. The molecule has 160 valence electrons. The summed E-state index contributed by atoms with van der Waals surface area (Å²) in [6.45, 7) is 7.94. The van der Waals surface area contributed by atoms with Crippen molar-refractivity contribution in [1.82, 2.24) is 19.6 Å². The third-order valence-electron chi connectivity index (χ3n) is 6.74. The van der Waals surface area contributed by atoms with Gasteiger partial charge in [-0.3, -0.25) is 9.69 Å². The molecule has 1 aliphatic carbocycles. The van der Waals surface area contributed by atoms with E-state index in [-0.39, 0.29) is 24.2 Å². The highest BCUT2D eigenvalue weighted by Gasteiger charge is 2.36. The first-order valence-electron chi connectivity index (χ1n) is 11.4. The minimum atomic E-state index is 0.125. The van der Waals surface area contributed by atoms with Crippen LogP contribution >= 0.6 is 0 Å². The Labute approximate surface area is 178 Å². The molecule has 3 atom stereocenters. The highest BCUT2D eigenvalue weighted by molar-refractivity contribution is 5.94. The number of carbonyl (C=O) groups is 1. The van der Waals surface area contributed by atoms with Gasteiger partial charge in [0.15, 0.2) is 5.69 Å². The highest BCUT2D eigenvalue weighted by atomic mass is 16.5. The zero-order valence-corrected chi connectivity index (χ0v) is 18.1. The summed E-state index contributed by atoms with van der Waals surface area (Å²) in [5.41, 5.74) is 4.12. The monoisotopic (exact) mass is 408 g/mol. The summed E-state index contributed by atoms with van der Waals surface area (Å²) in [6, 6.07) is 10.5. The summed E-state index contributed by atoms with van der Waals surface area (Å²) in [6.07, 6.45) is 5.72. The Balaban J connectivity index is 1.38. The third-order valence-corrected chi connectivity index (χ3v) is 6.74. The van der Waals surface area contributed by atoms with E-state index in [2.05, 4.69) is 35.8 Å². The lowest BCUT2D eigenvalue weighted by molar-refractivity contribution is -0.0715. The zero-order valence-electron chi connectivity index (χ0n) is 18.1. The molecule has 2 aromatic rings. The smallest absolute Gasteiger partial charge is 0.274 e. The Morgan fingerprint density at radius 1 is 1.10 bits per heavy atom. The second-order valence-corrected chi connectivity index (χ2v) is 9.15. The van der Waals surface area contributed by atoms with Crippen molar-refractivity contribution in [2.24, 2.45) is 0 Å². The van der Waals surface area contributed by atoms with Crippen LogP contribution < -0.4 is 0 Å². The largest absolute Gasteiger partial charge is 0.373 e. The van der Waals surface area contributed by atoms with Crippen LogP contribution in [0.1, 0.15) is 54.9 Å². The lowest BCUT2D eigenvalue weighted by Crippen LogP contribution is -2.51. The summed E-state index contributed by atoms with van der Waals surface area (Å²) < 4.78 is 7.89. The first kappa shape index (κ1) is 19.8. The molecule has 6 heteroatoms. The molecule has 0 saturated carbocycles. The van der Waals surface area contributed by atoms with Crippen LogP contribution in [-0.2, 0) is 17.6 Å². The highest BCUT2D eigenvalue weighted by Crippen LogP contribution is 2.30. The van der Waals surface area contributed by atoms with Crippen molar-refractivity contribution >= 4 is 5.91 Å². The molecule has 0 N–H and O–H groups in total. The number of rotatable bonds is 4. The number of ether oxygens (including phenoxy) is 1. The van der Waals surface area contributed by atoms with E-state index in [0.29, 0.717) is 5.69 Å². The summed E-state index contributed by atoms with van der Waals surface area (Å²) in [4.78, 5) is 18.2. The fourth-order valence-electron chi connectivity index (χ4n) is 5.55. The van der Waals surface area contributed by atoms with Crippen molar-refractivity contribution in [2.45, 2.75) is 64.2 Å². The average molecular weight is 409 g/mol. The molecule has 5 rings (SSSR count). The molecular formula is C24H32N4O2. The van der Waals surface area contributed by atoms with E-state index in [0.717, 1.165) is 64.0 Å². The maximum atomic E-state index is 13.6. The van der Waals surface area contributed by atoms with Crippen LogP contribution in [0.2, 0.25) is 0 Å². The number of hydrogen-bond donors (Lipinski definition) is 0. The van der Waals surface area contributed by atoms with Gasteiger partial charge in [0.05, 0.1) is 17.9 Å². The van der Waals surface area contributed by atoms with E-state index in [9.17, 15) is 4.79 Å². The Morgan fingerprint density at radius 2 is 1.87 bits per heavy atom. The van der Waals surface area contributed by atoms with E-state index in [1.165, 1.54) is 11.3 Å². The quantitative estimate of drug-likeness (QED) is 0.780. The SMILES string of the molecule is CC1CN(CC2CCCN2C(=O)c2nn(-c3ccccc3)c3c2CCC3)CC(C)O1. The predicted molar refractivity (Wildman–Crippen MR) is 116 cm³/mol. The van der Waals surface area contributed by atoms with Gasteiger partial charge in [-0.25, -0.2) is 4.68 Å². The molecule has 1 amide bonds. The fraction of sp³-hybridized carbons (Fsp3) is 0.583. The molecule has 0 bridgehead atoms. The summed E-state index contributed by atoms with van der Waals surface area (Å²) in [5, 5.41) is 4.84. The van der Waals surface area contributed by atoms with Crippen LogP contribution in [0.5, 0.6) is 0 Å². The van der Waals surface area contributed by atoms with Crippen LogP contribution in [0.25, 0.3) is 5.69 Å². The second-order valence-electron chi connectivity index (χ2n) is 9.15. The minimum Gasteiger partial charge on any atom is -0.373 e. The van der Waals surface area contributed by atoms with Crippen LogP contribution in [0.4, 0.5) is 0 Å². The molecule has 3 unspecified atom stereocenters. The van der Waals surface area contributed by atoms with Gasteiger partial charge in [-0.1, -0.05) is 18.2 Å². The number of morpholine rings is 1. The molecule has 0 radical (unpaired) electrons. The van der Waals surface area contributed by atoms with Gasteiger partial charge in [0.25, 0.3) is 5.91 Å².